The van der Waals surface area contributed by atoms with Crippen LogP contribution in [0.1, 0.15) is 5.56 Å². The Labute approximate surface area is 148 Å². The Kier molecular flexibility index (Phi) is 4.76. The van der Waals surface area contributed by atoms with E-state index < -0.39 is 4.92 Å². The molecule has 0 atom stereocenters. The molecule has 3 rings (SSSR count). The van der Waals surface area contributed by atoms with Crippen LogP contribution in [0.4, 0.5) is 28.7 Å². The minimum absolute atomic E-state index is 0.0594. The van der Waals surface area contributed by atoms with E-state index in [1.54, 1.807) is 24.3 Å². The van der Waals surface area contributed by atoms with E-state index in [1.165, 1.54) is 6.33 Å². The number of anilines is 4. The summed E-state index contributed by atoms with van der Waals surface area (Å²) >= 11 is 6.11. The van der Waals surface area contributed by atoms with E-state index in [2.05, 4.69) is 20.6 Å². The standard InChI is InChI=1S/C17H14ClN5O2/c1-11-6-2-4-8-13(11)21-16-15(23(24)25)17(20-10-19-16)22-14-9-5-3-7-12(14)18/h2-10H,1H3,(H2,19,20,21,22). The van der Waals surface area contributed by atoms with Gasteiger partial charge in [0.25, 0.3) is 0 Å². The van der Waals surface area contributed by atoms with Crippen molar-refractivity contribution in [2.75, 3.05) is 10.6 Å². The minimum Gasteiger partial charge on any atom is -0.334 e. The Bertz CT molecular complexity index is 867. The Hall–Kier alpha value is -3.19. The summed E-state index contributed by atoms with van der Waals surface area (Å²) < 4.78 is 0. The number of benzene rings is 2. The second-order valence-corrected chi connectivity index (χ2v) is 5.63. The summed E-state index contributed by atoms with van der Waals surface area (Å²) in [6, 6.07) is 14.4. The van der Waals surface area contributed by atoms with Gasteiger partial charge in [-0.2, -0.15) is 0 Å². The summed E-state index contributed by atoms with van der Waals surface area (Å²) in [6.45, 7) is 1.90. The summed E-state index contributed by atoms with van der Waals surface area (Å²) in [5.74, 6) is 0.160. The molecule has 8 heteroatoms. The fraction of sp³-hybridized carbons (Fsp3) is 0.0588. The predicted octanol–water partition coefficient (Wildman–Crippen LogP) is 4.83. The quantitative estimate of drug-likeness (QED) is 0.502. The smallest absolute Gasteiger partial charge is 0.334 e. The molecule has 1 heterocycles. The van der Waals surface area contributed by atoms with Crippen LogP contribution >= 0.6 is 11.6 Å². The van der Waals surface area contributed by atoms with E-state index in [4.69, 9.17) is 11.6 Å². The van der Waals surface area contributed by atoms with E-state index in [9.17, 15) is 10.1 Å². The molecule has 0 saturated carbocycles. The Balaban J connectivity index is 2.02. The maximum atomic E-state index is 11.6. The van der Waals surface area contributed by atoms with Crippen LogP contribution in [0.3, 0.4) is 0 Å². The van der Waals surface area contributed by atoms with Gasteiger partial charge in [-0.25, -0.2) is 9.97 Å². The van der Waals surface area contributed by atoms with Gasteiger partial charge in [-0.3, -0.25) is 10.1 Å². The fourth-order valence-electron chi connectivity index (χ4n) is 2.27. The first kappa shape index (κ1) is 16.7. The van der Waals surface area contributed by atoms with E-state index in [1.807, 2.05) is 31.2 Å². The molecule has 2 N–H and O–H groups in total. The summed E-state index contributed by atoms with van der Waals surface area (Å²) in [5.41, 5.74) is 1.93. The maximum Gasteiger partial charge on any atom is 0.353 e. The van der Waals surface area contributed by atoms with E-state index >= 15 is 0 Å². The molecule has 0 unspecified atom stereocenters. The molecule has 1 aromatic heterocycles. The topological polar surface area (TPSA) is 93.0 Å². The lowest BCUT2D eigenvalue weighted by molar-refractivity contribution is -0.383. The van der Waals surface area contributed by atoms with E-state index in [0.29, 0.717) is 10.7 Å². The van der Waals surface area contributed by atoms with Gasteiger partial charge >= 0.3 is 5.69 Å². The van der Waals surface area contributed by atoms with Gasteiger partial charge in [0.1, 0.15) is 6.33 Å². The molecule has 3 aromatic rings. The molecule has 0 radical (unpaired) electrons. The molecule has 25 heavy (non-hydrogen) atoms. The predicted molar refractivity (Wildman–Crippen MR) is 97.9 cm³/mol. The number of nitrogens with one attached hydrogen (secondary N) is 2. The highest BCUT2D eigenvalue weighted by Gasteiger charge is 2.24. The van der Waals surface area contributed by atoms with Gasteiger partial charge in [-0.1, -0.05) is 41.9 Å². The van der Waals surface area contributed by atoms with Crippen LogP contribution in [-0.4, -0.2) is 14.9 Å². The summed E-state index contributed by atoms with van der Waals surface area (Å²) in [4.78, 5) is 19.1. The zero-order chi connectivity index (χ0) is 17.8. The number of para-hydroxylation sites is 2. The van der Waals surface area contributed by atoms with Gasteiger partial charge < -0.3 is 10.6 Å². The monoisotopic (exact) mass is 355 g/mol. The largest absolute Gasteiger partial charge is 0.353 e. The van der Waals surface area contributed by atoms with Crippen LogP contribution in [0.25, 0.3) is 0 Å². The zero-order valence-electron chi connectivity index (χ0n) is 13.2. The van der Waals surface area contributed by atoms with Crippen LogP contribution < -0.4 is 10.6 Å². The Morgan fingerprint density at radius 1 is 0.960 bits per heavy atom. The normalized spacial score (nSPS) is 10.3. The lowest BCUT2D eigenvalue weighted by Crippen LogP contribution is -2.06. The number of aryl methyl sites for hydroxylation is 1. The van der Waals surface area contributed by atoms with Crippen LogP contribution in [-0.2, 0) is 0 Å². The average Bonchev–Trinajstić information content (AvgIpc) is 2.59. The number of hydrogen-bond donors (Lipinski definition) is 2. The van der Waals surface area contributed by atoms with Gasteiger partial charge in [-0.15, -0.1) is 0 Å². The van der Waals surface area contributed by atoms with Crippen molar-refractivity contribution in [2.45, 2.75) is 6.92 Å². The van der Waals surface area contributed by atoms with Crippen LogP contribution in [0.5, 0.6) is 0 Å². The summed E-state index contributed by atoms with van der Waals surface area (Å²) in [7, 11) is 0. The van der Waals surface area contributed by atoms with Crippen molar-refractivity contribution >= 4 is 40.3 Å². The zero-order valence-corrected chi connectivity index (χ0v) is 14.0. The molecule has 0 aliphatic carbocycles. The van der Waals surface area contributed by atoms with Gasteiger partial charge in [0.05, 0.1) is 15.6 Å². The average molecular weight is 356 g/mol. The lowest BCUT2D eigenvalue weighted by Gasteiger charge is -2.12. The van der Waals surface area contributed by atoms with Crippen LogP contribution in [0, 0.1) is 17.0 Å². The van der Waals surface area contributed by atoms with Gasteiger partial charge in [0.15, 0.2) is 0 Å². The molecule has 0 saturated heterocycles. The van der Waals surface area contributed by atoms with Gasteiger partial charge in [0, 0.05) is 5.69 Å². The van der Waals surface area contributed by atoms with Crippen molar-refractivity contribution in [2.24, 2.45) is 0 Å². The number of nitrogens with zero attached hydrogens (tertiary/aromatic N) is 3. The number of nitro groups is 1. The third kappa shape index (κ3) is 3.67. The first-order valence-corrected chi connectivity index (χ1v) is 7.77. The third-order valence-electron chi connectivity index (χ3n) is 3.53. The molecule has 7 nitrogen and oxygen atoms in total. The van der Waals surface area contributed by atoms with Crippen molar-refractivity contribution < 1.29 is 4.92 Å². The van der Waals surface area contributed by atoms with Crippen molar-refractivity contribution in [3.8, 4) is 0 Å². The second-order valence-electron chi connectivity index (χ2n) is 5.22. The van der Waals surface area contributed by atoms with E-state index in [-0.39, 0.29) is 17.3 Å². The lowest BCUT2D eigenvalue weighted by atomic mass is 10.2. The highest BCUT2D eigenvalue weighted by Crippen LogP contribution is 2.34. The first-order chi connectivity index (χ1) is 12.1. The molecule has 126 valence electrons. The van der Waals surface area contributed by atoms with Gasteiger partial charge in [-0.05, 0) is 30.7 Å². The molecular formula is C17H14ClN5O2. The van der Waals surface area contributed by atoms with Gasteiger partial charge in [0.2, 0.25) is 11.6 Å². The highest BCUT2D eigenvalue weighted by atomic mass is 35.5. The second kappa shape index (κ2) is 7.14. The van der Waals surface area contributed by atoms with Crippen LogP contribution in [0.15, 0.2) is 54.9 Å². The van der Waals surface area contributed by atoms with Crippen molar-refractivity contribution in [1.82, 2.24) is 9.97 Å². The number of rotatable bonds is 5. The van der Waals surface area contributed by atoms with Crippen molar-refractivity contribution in [3.63, 3.8) is 0 Å². The highest BCUT2D eigenvalue weighted by molar-refractivity contribution is 6.33. The fourth-order valence-corrected chi connectivity index (χ4v) is 2.45. The number of aromatic nitrogens is 2. The molecule has 0 spiro atoms. The molecular weight excluding hydrogens is 342 g/mol. The first-order valence-electron chi connectivity index (χ1n) is 7.40. The Morgan fingerprint density at radius 2 is 1.52 bits per heavy atom. The van der Waals surface area contributed by atoms with E-state index in [0.717, 1.165) is 11.3 Å². The maximum absolute atomic E-state index is 11.6. The van der Waals surface area contributed by atoms with Crippen molar-refractivity contribution in [1.29, 1.82) is 0 Å². The SMILES string of the molecule is Cc1ccccc1Nc1ncnc(Nc2ccccc2Cl)c1[N+](=O)[O-]. The molecule has 0 aliphatic rings. The Morgan fingerprint density at radius 3 is 2.12 bits per heavy atom. The van der Waals surface area contributed by atoms with Crippen LogP contribution in [0.2, 0.25) is 5.02 Å². The molecule has 0 bridgehead atoms. The summed E-state index contributed by atoms with van der Waals surface area (Å²) in [6.07, 6.45) is 1.26. The molecule has 2 aromatic carbocycles. The third-order valence-corrected chi connectivity index (χ3v) is 3.86. The molecule has 0 aliphatic heterocycles. The summed E-state index contributed by atoms with van der Waals surface area (Å²) in [5, 5.41) is 17.9. The molecule has 0 amide bonds. The number of hydrogen-bond acceptors (Lipinski definition) is 6. The minimum atomic E-state index is -0.528. The number of halogens is 1. The van der Waals surface area contributed by atoms with Crippen molar-refractivity contribution in [3.05, 3.63) is 75.6 Å². The molecule has 0 fully saturated rings.